The van der Waals surface area contributed by atoms with Gasteiger partial charge in [-0.25, -0.2) is 0 Å². The van der Waals surface area contributed by atoms with Crippen LogP contribution in [0.4, 0.5) is 5.69 Å². The van der Waals surface area contributed by atoms with Crippen molar-refractivity contribution in [2.75, 3.05) is 66.1 Å². The van der Waals surface area contributed by atoms with Gasteiger partial charge in [0.1, 0.15) is 22.8 Å². The molecule has 2 saturated heterocycles. The lowest BCUT2D eigenvalue weighted by Gasteiger charge is -2.60. The van der Waals surface area contributed by atoms with E-state index in [0.717, 1.165) is 11.3 Å². The molecule has 5 aliphatic rings. The van der Waals surface area contributed by atoms with Crippen molar-refractivity contribution in [3.63, 3.8) is 0 Å². The van der Waals surface area contributed by atoms with E-state index in [1.165, 1.54) is 27.7 Å². The summed E-state index contributed by atoms with van der Waals surface area (Å²) in [6.07, 6.45) is 0.475. The van der Waals surface area contributed by atoms with E-state index in [4.69, 9.17) is 33.2 Å². The maximum absolute atomic E-state index is 14.4. The Morgan fingerprint density at radius 1 is 0.850 bits per heavy atom. The number of fused-ring (bicyclic) bond motifs is 6. The summed E-state index contributed by atoms with van der Waals surface area (Å²) in [4.78, 5) is 83.9. The number of ether oxygens (including phenoxy) is 7. The molecule has 2 heterocycles. The third kappa shape index (κ3) is 7.68. The summed E-state index contributed by atoms with van der Waals surface area (Å²) in [6.45, 7) is 12.7. The Balaban J connectivity index is 1.74. The van der Waals surface area contributed by atoms with Crippen LogP contribution in [0, 0.1) is 17.3 Å². The van der Waals surface area contributed by atoms with Crippen LogP contribution in [-0.2, 0) is 75.8 Å². The number of imide groups is 1. The van der Waals surface area contributed by atoms with Crippen molar-refractivity contribution >= 4 is 41.2 Å². The monoisotopic (exact) mass is 838 g/mol. The molecule has 60 heavy (non-hydrogen) atoms. The Morgan fingerprint density at radius 2 is 1.43 bits per heavy atom. The van der Waals surface area contributed by atoms with Gasteiger partial charge in [0.15, 0.2) is 5.78 Å². The topological polar surface area (TPSA) is 198 Å². The molecule has 17 nitrogen and oxygen atoms in total. The number of ketones is 1. The molecule has 1 aromatic carbocycles. The van der Waals surface area contributed by atoms with Crippen LogP contribution in [0.1, 0.15) is 78.5 Å². The van der Waals surface area contributed by atoms with Gasteiger partial charge >= 0.3 is 17.9 Å². The minimum atomic E-state index is -2.10. The highest BCUT2D eigenvalue weighted by Gasteiger charge is 2.74. The van der Waals surface area contributed by atoms with Gasteiger partial charge in [-0.05, 0) is 72.2 Å². The van der Waals surface area contributed by atoms with Crippen LogP contribution >= 0.6 is 0 Å². The molecular weight excluding hydrogens is 780 g/mol. The Kier molecular flexibility index (Phi) is 12.3. The fraction of sp³-hybridized carbons (Fsp3) is 0.628. The molecule has 4 atom stereocenters. The second kappa shape index (κ2) is 16.4. The molecule has 328 valence electrons. The first kappa shape index (κ1) is 45.0. The van der Waals surface area contributed by atoms with Crippen LogP contribution in [0.2, 0.25) is 0 Å². The molecule has 0 saturated carbocycles. The van der Waals surface area contributed by atoms with Gasteiger partial charge in [0.05, 0.1) is 50.0 Å². The summed E-state index contributed by atoms with van der Waals surface area (Å²) in [5.74, 6) is -8.93. The third-order valence-corrected chi connectivity index (χ3v) is 11.8. The number of carbonyl (C=O) groups excluding carboxylic acids is 6. The smallest absolute Gasteiger partial charge is 0.308 e. The SMILES string of the molecule is CC(=O)NC(=O)C1=C(OC(C)=O)[C@@H](N(C)C)[C@@H]2C[C@@H]3Cc4c(N(C)C)cc(CC(=O)CNC(C)(C)C)c(OC(C)=O)c4C4(OCCO4)C3=C(OC(C)=O)[C@]2(C)C12OCCO2. The number of hydrogen-bond acceptors (Lipinski definition) is 16. The van der Waals surface area contributed by atoms with Gasteiger partial charge in [-0.1, -0.05) is 0 Å². The number of Topliss-reactive ketones (excluding diaryl/α,β-unsaturated/α-hetero) is 1. The quantitative estimate of drug-likeness (QED) is 0.257. The highest BCUT2D eigenvalue weighted by atomic mass is 16.7. The first-order valence-corrected chi connectivity index (χ1v) is 20.2. The number of likely N-dealkylation sites (N-methyl/N-ethyl adjacent to an activating group) is 1. The zero-order valence-corrected chi connectivity index (χ0v) is 36.7. The minimum absolute atomic E-state index is 0.0174. The first-order valence-electron chi connectivity index (χ1n) is 20.2. The van der Waals surface area contributed by atoms with E-state index < -0.39 is 64.6 Å². The molecular formula is C43H58N4O13. The number of carbonyl (C=O) groups is 6. The van der Waals surface area contributed by atoms with Crippen molar-refractivity contribution in [1.29, 1.82) is 0 Å². The lowest BCUT2D eigenvalue weighted by molar-refractivity contribution is -0.247. The van der Waals surface area contributed by atoms with Crippen LogP contribution in [0.25, 0.3) is 0 Å². The third-order valence-electron chi connectivity index (χ3n) is 11.8. The van der Waals surface area contributed by atoms with Crippen LogP contribution < -0.4 is 20.3 Å². The van der Waals surface area contributed by atoms with Crippen LogP contribution in [0.5, 0.6) is 5.75 Å². The minimum Gasteiger partial charge on any atom is -0.430 e. The Labute approximate surface area is 350 Å². The number of nitrogens with one attached hydrogen (secondary N) is 2. The van der Waals surface area contributed by atoms with Crippen molar-refractivity contribution in [2.24, 2.45) is 17.3 Å². The Bertz CT molecular complexity index is 2050. The predicted octanol–water partition coefficient (Wildman–Crippen LogP) is 2.56. The van der Waals surface area contributed by atoms with E-state index in [0.29, 0.717) is 23.1 Å². The Morgan fingerprint density at radius 3 is 1.95 bits per heavy atom. The van der Waals surface area contributed by atoms with Crippen molar-refractivity contribution in [3.8, 4) is 5.75 Å². The molecule has 3 aliphatic carbocycles. The van der Waals surface area contributed by atoms with Gasteiger partial charge in [0.2, 0.25) is 17.5 Å². The Hall–Kier alpha value is -4.52. The predicted molar refractivity (Wildman–Crippen MR) is 214 cm³/mol. The second-order valence-electron chi connectivity index (χ2n) is 17.7. The molecule has 0 radical (unpaired) electrons. The van der Waals surface area contributed by atoms with Gasteiger partial charge in [0.25, 0.3) is 5.91 Å². The average Bonchev–Trinajstić information content (AvgIpc) is 3.80. The normalized spacial score (nSPS) is 25.1. The highest BCUT2D eigenvalue weighted by molar-refractivity contribution is 6.05. The molecule has 1 aromatic rings. The van der Waals surface area contributed by atoms with Crippen LogP contribution in [0.15, 0.2) is 28.7 Å². The number of rotatable bonds is 10. The molecule has 0 aromatic heterocycles. The molecule has 2 N–H and O–H groups in total. The van der Waals surface area contributed by atoms with Gasteiger partial charge in [-0.2, -0.15) is 0 Å². The molecule has 0 unspecified atom stereocenters. The second-order valence-corrected chi connectivity index (χ2v) is 17.7. The van der Waals surface area contributed by atoms with Crippen molar-refractivity contribution in [1.82, 2.24) is 15.5 Å². The van der Waals surface area contributed by atoms with Crippen LogP contribution in [0.3, 0.4) is 0 Å². The van der Waals surface area contributed by atoms with E-state index in [-0.39, 0.29) is 80.0 Å². The number of nitrogens with zero attached hydrogens (tertiary/aromatic N) is 2. The maximum Gasteiger partial charge on any atom is 0.308 e. The lowest BCUT2D eigenvalue weighted by atomic mass is 9.51. The molecule has 2 aliphatic heterocycles. The zero-order valence-electron chi connectivity index (χ0n) is 36.7. The number of anilines is 1. The summed E-state index contributed by atoms with van der Waals surface area (Å²) in [7, 11) is 7.28. The number of amides is 2. The molecule has 0 bridgehead atoms. The van der Waals surface area contributed by atoms with Crippen molar-refractivity contribution in [3.05, 3.63) is 45.4 Å². The summed E-state index contributed by atoms with van der Waals surface area (Å²) < 4.78 is 45.2. The summed E-state index contributed by atoms with van der Waals surface area (Å²) >= 11 is 0. The summed E-state index contributed by atoms with van der Waals surface area (Å²) in [6, 6.07) is 1.00. The largest absolute Gasteiger partial charge is 0.430 e. The number of esters is 3. The standard InChI is InChI=1S/C43H58N4O13/c1-22(48)45-39(53)34-37(59-24(3)50)35(47(11)12)30-19-26-18-29-31(46(9)10)20-27(17-28(52)21-44-40(5,6)7)36(58-23(2)49)33(29)42(54-13-14-55-42)32(26)38(60-25(4)51)41(30,8)43(34)56-15-16-57-43/h20,26,30,35,44H,13-19,21H2,1-12H3,(H,45,48,53)/t26-,30-,35-,41+/m0/s1. The molecule has 2 fully saturated rings. The first-order chi connectivity index (χ1) is 28.0. The number of benzene rings is 1. The van der Waals surface area contributed by atoms with Crippen molar-refractivity contribution < 1.29 is 61.9 Å². The number of hydrogen-bond donors (Lipinski definition) is 2. The highest BCUT2D eigenvalue weighted by Crippen LogP contribution is 2.68. The summed E-state index contributed by atoms with van der Waals surface area (Å²) in [5.41, 5.74) is 0.373. The van der Waals surface area contributed by atoms with E-state index >= 15 is 0 Å². The summed E-state index contributed by atoms with van der Waals surface area (Å²) in [5, 5.41) is 5.56. The van der Waals surface area contributed by atoms with E-state index in [1.54, 1.807) is 25.9 Å². The molecule has 6 rings (SSSR count). The zero-order chi connectivity index (χ0) is 44.3. The maximum atomic E-state index is 14.4. The van der Waals surface area contributed by atoms with Gasteiger partial charge in [-0.15, -0.1) is 0 Å². The molecule has 17 heteroatoms. The lowest BCUT2D eigenvalue weighted by Crippen LogP contribution is -2.68. The fourth-order valence-corrected chi connectivity index (χ4v) is 9.81. The van der Waals surface area contributed by atoms with Crippen molar-refractivity contribution in [2.45, 2.75) is 97.8 Å². The fourth-order valence-electron chi connectivity index (χ4n) is 9.81. The molecule has 2 amide bonds. The molecule has 2 spiro atoms. The average molecular weight is 839 g/mol. The van der Waals surface area contributed by atoms with Gasteiger partial charge in [-0.3, -0.25) is 39.0 Å². The van der Waals surface area contributed by atoms with E-state index in [2.05, 4.69) is 10.6 Å². The van der Waals surface area contributed by atoms with Gasteiger partial charge in [0, 0.05) is 76.5 Å². The van der Waals surface area contributed by atoms with E-state index in [1.807, 2.05) is 45.8 Å². The van der Waals surface area contributed by atoms with Gasteiger partial charge < -0.3 is 43.4 Å². The van der Waals surface area contributed by atoms with E-state index in [9.17, 15) is 28.8 Å². The van der Waals surface area contributed by atoms with Crippen LogP contribution in [-0.4, -0.2) is 119 Å².